The second kappa shape index (κ2) is 4.48. The lowest BCUT2D eigenvalue weighted by Gasteiger charge is -2.09. The zero-order chi connectivity index (χ0) is 11.6. The van der Waals surface area contributed by atoms with E-state index < -0.39 is 40.9 Å². The second-order valence-corrected chi connectivity index (χ2v) is 2.86. The van der Waals surface area contributed by atoms with Crippen LogP contribution in [0.2, 0.25) is 0 Å². The molecule has 0 radical (unpaired) electrons. The molecule has 1 N–H and O–H groups in total. The highest BCUT2D eigenvalue weighted by atomic mass is 35.5. The summed E-state index contributed by atoms with van der Waals surface area (Å²) in [5, 5.41) is 8.63. The third-order valence-corrected chi connectivity index (χ3v) is 2.03. The Labute approximate surface area is 87.5 Å². The van der Waals surface area contributed by atoms with Gasteiger partial charge in [0.15, 0.2) is 0 Å². The summed E-state index contributed by atoms with van der Waals surface area (Å²) < 4.78 is 37.7. The van der Waals surface area contributed by atoms with Gasteiger partial charge in [-0.1, -0.05) is 0 Å². The number of hydrogen-bond acceptors (Lipinski definition) is 2. The Morgan fingerprint density at radius 2 is 2.20 bits per heavy atom. The molecule has 1 heterocycles. The third kappa shape index (κ3) is 2.20. The van der Waals surface area contributed by atoms with E-state index in [4.69, 9.17) is 16.7 Å². The number of halogens is 4. The molecule has 1 aromatic rings. The van der Waals surface area contributed by atoms with Crippen LogP contribution in [0.25, 0.3) is 0 Å². The first-order chi connectivity index (χ1) is 6.99. The number of aromatic carboxylic acids is 1. The third-order valence-electron chi connectivity index (χ3n) is 1.76. The summed E-state index contributed by atoms with van der Waals surface area (Å²) in [6.07, 6.45) is -2.48. The maximum atomic E-state index is 12.9. The quantitative estimate of drug-likeness (QED) is 0.652. The van der Waals surface area contributed by atoms with Crippen LogP contribution in [0.4, 0.5) is 13.2 Å². The average molecular weight is 240 g/mol. The van der Waals surface area contributed by atoms with Gasteiger partial charge in [0.25, 0.3) is 6.43 Å². The lowest BCUT2D eigenvalue weighted by Crippen LogP contribution is -2.09. The Hall–Kier alpha value is -1.30. The monoisotopic (exact) mass is 239 g/mol. The minimum absolute atomic E-state index is 0.438. The lowest BCUT2D eigenvalue weighted by molar-refractivity contribution is 0.0694. The van der Waals surface area contributed by atoms with Crippen molar-refractivity contribution in [3.05, 3.63) is 28.8 Å². The van der Waals surface area contributed by atoms with Crippen molar-refractivity contribution in [1.82, 2.24) is 4.98 Å². The summed E-state index contributed by atoms with van der Waals surface area (Å²) >= 11 is 5.31. The van der Waals surface area contributed by atoms with Crippen LogP contribution in [-0.2, 0) is 5.88 Å². The molecule has 1 aromatic heterocycles. The summed E-state index contributed by atoms with van der Waals surface area (Å²) in [4.78, 5) is 13.5. The number of nitrogens with zero attached hydrogens (tertiary/aromatic N) is 1. The van der Waals surface area contributed by atoms with Crippen LogP contribution in [0.3, 0.4) is 0 Å². The maximum Gasteiger partial charge on any atom is 0.337 e. The van der Waals surface area contributed by atoms with Gasteiger partial charge in [-0.3, -0.25) is 0 Å². The molecule has 3 nitrogen and oxygen atoms in total. The van der Waals surface area contributed by atoms with Crippen LogP contribution < -0.4 is 0 Å². The fourth-order valence-corrected chi connectivity index (χ4v) is 1.38. The number of rotatable bonds is 3. The topological polar surface area (TPSA) is 50.2 Å². The zero-order valence-electron chi connectivity index (χ0n) is 7.18. The van der Waals surface area contributed by atoms with E-state index in [0.717, 1.165) is 0 Å². The van der Waals surface area contributed by atoms with Crippen LogP contribution in [0.5, 0.6) is 0 Å². The molecule has 15 heavy (non-hydrogen) atoms. The Morgan fingerprint density at radius 1 is 1.60 bits per heavy atom. The van der Waals surface area contributed by atoms with Gasteiger partial charge in [0.1, 0.15) is 0 Å². The van der Waals surface area contributed by atoms with Crippen LogP contribution in [0, 0.1) is 5.95 Å². The molecule has 0 unspecified atom stereocenters. The van der Waals surface area contributed by atoms with Gasteiger partial charge in [-0.15, -0.1) is 11.6 Å². The largest absolute Gasteiger partial charge is 0.478 e. The number of hydrogen-bond donors (Lipinski definition) is 1. The van der Waals surface area contributed by atoms with Gasteiger partial charge >= 0.3 is 5.97 Å². The van der Waals surface area contributed by atoms with Crippen molar-refractivity contribution in [3.8, 4) is 0 Å². The van der Waals surface area contributed by atoms with E-state index in [1.165, 1.54) is 0 Å². The summed E-state index contributed by atoms with van der Waals surface area (Å²) in [6.45, 7) is 0. The maximum absolute atomic E-state index is 12.9. The second-order valence-electron chi connectivity index (χ2n) is 2.59. The van der Waals surface area contributed by atoms with Crippen molar-refractivity contribution < 1.29 is 23.1 Å². The number of aromatic nitrogens is 1. The average Bonchev–Trinajstić information content (AvgIpc) is 2.15. The van der Waals surface area contributed by atoms with Crippen molar-refractivity contribution in [3.63, 3.8) is 0 Å². The molecule has 0 aromatic carbocycles. The molecule has 82 valence electrons. The van der Waals surface area contributed by atoms with Crippen molar-refractivity contribution in [2.24, 2.45) is 0 Å². The number of carbonyl (C=O) groups is 1. The molecular formula is C8H5ClF3NO2. The molecule has 0 bridgehead atoms. The van der Waals surface area contributed by atoms with Crippen molar-refractivity contribution in [2.45, 2.75) is 12.3 Å². The van der Waals surface area contributed by atoms with E-state index in [2.05, 4.69) is 4.98 Å². The smallest absolute Gasteiger partial charge is 0.337 e. The molecule has 0 amide bonds. The molecule has 0 spiro atoms. The van der Waals surface area contributed by atoms with Crippen LogP contribution in [0.15, 0.2) is 6.20 Å². The summed E-state index contributed by atoms with van der Waals surface area (Å²) in [6, 6.07) is 0. The van der Waals surface area contributed by atoms with E-state index in [1.54, 1.807) is 0 Å². The van der Waals surface area contributed by atoms with Crippen LogP contribution in [-0.4, -0.2) is 16.1 Å². The van der Waals surface area contributed by atoms with Crippen LogP contribution >= 0.6 is 11.6 Å². The Morgan fingerprint density at radius 3 is 2.60 bits per heavy atom. The highest BCUT2D eigenvalue weighted by molar-refractivity contribution is 6.17. The van der Waals surface area contributed by atoms with E-state index in [0.29, 0.717) is 6.20 Å². The van der Waals surface area contributed by atoms with Crippen molar-refractivity contribution in [1.29, 1.82) is 0 Å². The fourth-order valence-electron chi connectivity index (χ4n) is 1.09. The van der Waals surface area contributed by atoms with Gasteiger partial charge in [-0.2, -0.15) is 4.39 Å². The first kappa shape index (κ1) is 11.8. The molecule has 0 aliphatic heterocycles. The number of carboxylic acids is 1. The van der Waals surface area contributed by atoms with Crippen molar-refractivity contribution >= 4 is 17.6 Å². The predicted molar refractivity (Wildman–Crippen MR) is 45.7 cm³/mol. The molecule has 1 rings (SSSR count). The molecule has 0 saturated carbocycles. The summed E-state index contributed by atoms with van der Waals surface area (Å²) in [5.74, 6) is -3.38. The molecule has 0 fully saturated rings. The number of alkyl halides is 3. The van der Waals surface area contributed by atoms with Gasteiger partial charge in [0.05, 0.1) is 11.1 Å². The first-order valence-corrected chi connectivity index (χ1v) is 4.27. The SMILES string of the molecule is O=C(O)c1cnc(F)c(C(F)F)c1CCl. The van der Waals surface area contributed by atoms with Crippen LogP contribution in [0.1, 0.15) is 27.9 Å². The fraction of sp³-hybridized carbons (Fsp3) is 0.250. The summed E-state index contributed by atoms with van der Waals surface area (Å²) in [5.41, 5.74) is -2.00. The van der Waals surface area contributed by atoms with E-state index >= 15 is 0 Å². The predicted octanol–water partition coefficient (Wildman–Crippen LogP) is 2.60. The van der Waals surface area contributed by atoms with Gasteiger partial charge in [-0.25, -0.2) is 18.6 Å². The van der Waals surface area contributed by atoms with E-state index in [9.17, 15) is 18.0 Å². The van der Waals surface area contributed by atoms with Crippen molar-refractivity contribution in [2.75, 3.05) is 0 Å². The highest BCUT2D eigenvalue weighted by Crippen LogP contribution is 2.28. The molecule has 0 saturated heterocycles. The Balaban J connectivity index is 3.47. The normalized spacial score (nSPS) is 10.7. The molecule has 7 heteroatoms. The molecule has 0 aliphatic rings. The Kier molecular flexibility index (Phi) is 3.52. The zero-order valence-corrected chi connectivity index (χ0v) is 7.93. The first-order valence-electron chi connectivity index (χ1n) is 3.73. The number of pyridine rings is 1. The van der Waals surface area contributed by atoms with E-state index in [-0.39, 0.29) is 0 Å². The summed E-state index contributed by atoms with van der Waals surface area (Å²) in [7, 11) is 0. The molecule has 0 atom stereocenters. The van der Waals surface area contributed by atoms with Gasteiger partial charge in [-0.05, 0) is 5.56 Å². The number of carboxylic acid groups (broad SMARTS) is 1. The molecule has 0 aliphatic carbocycles. The Bertz CT molecular complexity index is 398. The minimum Gasteiger partial charge on any atom is -0.478 e. The van der Waals surface area contributed by atoms with E-state index in [1.807, 2.05) is 0 Å². The van der Waals surface area contributed by atoms with Gasteiger partial charge in [0, 0.05) is 12.1 Å². The molecular weight excluding hydrogens is 235 g/mol. The highest BCUT2D eigenvalue weighted by Gasteiger charge is 2.24. The standard InChI is InChI=1S/C8H5ClF3NO2/c9-1-3-4(8(14)15)2-13-7(12)5(3)6(10)11/h2,6H,1H2,(H,14,15). The lowest BCUT2D eigenvalue weighted by atomic mass is 10.1. The minimum atomic E-state index is -3.15. The van der Waals surface area contributed by atoms with Gasteiger partial charge in [0.2, 0.25) is 5.95 Å². The van der Waals surface area contributed by atoms with Gasteiger partial charge < -0.3 is 5.11 Å².